The Labute approximate surface area is 121 Å². The van der Waals surface area contributed by atoms with E-state index < -0.39 is 20.0 Å². The molecule has 0 aromatic heterocycles. The van der Waals surface area contributed by atoms with Gasteiger partial charge in [-0.3, -0.25) is 0 Å². The van der Waals surface area contributed by atoms with Gasteiger partial charge in [-0.1, -0.05) is 40.8 Å². The summed E-state index contributed by atoms with van der Waals surface area (Å²) in [6.45, 7) is 12.1. The molecule has 1 saturated heterocycles. The van der Waals surface area contributed by atoms with E-state index in [4.69, 9.17) is 14.2 Å². The number of carbonyl (C=O) groups excluding carboxylic acids is 1. The zero-order valence-electron chi connectivity index (χ0n) is 13.2. The number of hydrogen-bond acceptors (Lipinski definition) is 4. The third-order valence-corrected chi connectivity index (χ3v) is 9.45. The second-order valence-corrected chi connectivity index (χ2v) is 11.9. The molecule has 0 spiro atoms. The highest BCUT2D eigenvalue weighted by molar-refractivity contribution is 6.86. The Morgan fingerprint density at radius 3 is 2.50 bits per heavy atom. The number of halogens is 1. The lowest BCUT2D eigenvalue weighted by molar-refractivity contribution is -0.173. The van der Waals surface area contributed by atoms with Gasteiger partial charge in [-0.2, -0.15) is 0 Å². The SMILES string of the molecule is CCC1(OC/C=C(\F)[Si](C)(C)C(C)(C)C)COC(=O)O1. The van der Waals surface area contributed by atoms with Crippen LogP contribution in [0.5, 0.6) is 0 Å². The smallest absolute Gasteiger partial charge is 0.427 e. The second kappa shape index (κ2) is 5.85. The monoisotopic (exact) mass is 304 g/mol. The summed E-state index contributed by atoms with van der Waals surface area (Å²) in [5.74, 6) is -1.07. The maximum atomic E-state index is 14.4. The van der Waals surface area contributed by atoms with Crippen LogP contribution in [0.15, 0.2) is 11.5 Å². The molecular formula is C14H25FO4Si. The zero-order chi connectivity index (χ0) is 15.6. The van der Waals surface area contributed by atoms with E-state index >= 15 is 0 Å². The quantitative estimate of drug-likeness (QED) is 0.564. The van der Waals surface area contributed by atoms with Gasteiger partial charge in [0.05, 0.1) is 12.1 Å². The van der Waals surface area contributed by atoms with Crippen LogP contribution in [0.3, 0.4) is 0 Å². The average Bonchev–Trinajstić information content (AvgIpc) is 2.70. The van der Waals surface area contributed by atoms with Crippen molar-refractivity contribution >= 4 is 14.2 Å². The van der Waals surface area contributed by atoms with Crippen molar-refractivity contribution in [3.8, 4) is 0 Å². The van der Waals surface area contributed by atoms with Gasteiger partial charge in [-0.25, -0.2) is 9.18 Å². The first kappa shape index (κ1) is 17.2. The summed E-state index contributed by atoms with van der Waals surface area (Å²) in [6.07, 6.45) is 1.19. The molecule has 0 bridgehead atoms. The lowest BCUT2D eigenvalue weighted by atomic mass is 10.2. The van der Waals surface area contributed by atoms with Gasteiger partial charge in [-0.15, -0.1) is 0 Å². The number of hydrogen-bond donors (Lipinski definition) is 0. The zero-order valence-corrected chi connectivity index (χ0v) is 14.2. The molecule has 116 valence electrons. The van der Waals surface area contributed by atoms with Crippen molar-refractivity contribution in [2.75, 3.05) is 13.2 Å². The molecule has 1 unspecified atom stereocenters. The molecule has 1 aliphatic heterocycles. The van der Waals surface area contributed by atoms with Crippen LogP contribution in [0.1, 0.15) is 34.1 Å². The van der Waals surface area contributed by atoms with E-state index in [1.54, 1.807) is 0 Å². The second-order valence-electron chi connectivity index (χ2n) is 6.64. The molecule has 4 nitrogen and oxygen atoms in total. The molecule has 0 aromatic rings. The first-order valence-electron chi connectivity index (χ1n) is 6.90. The van der Waals surface area contributed by atoms with E-state index in [2.05, 4.69) is 0 Å². The van der Waals surface area contributed by atoms with Gasteiger partial charge >= 0.3 is 6.16 Å². The molecule has 0 radical (unpaired) electrons. The minimum atomic E-state index is -2.16. The minimum absolute atomic E-state index is 0.0535. The first-order chi connectivity index (χ1) is 9.04. The first-order valence-corrected chi connectivity index (χ1v) is 9.90. The molecule has 0 saturated carbocycles. The van der Waals surface area contributed by atoms with Crippen molar-refractivity contribution in [2.24, 2.45) is 0 Å². The van der Waals surface area contributed by atoms with Crippen LogP contribution < -0.4 is 0 Å². The summed E-state index contributed by atoms with van der Waals surface area (Å²) in [4.78, 5) is 11.0. The highest BCUT2D eigenvalue weighted by Crippen LogP contribution is 2.41. The lowest BCUT2D eigenvalue weighted by Crippen LogP contribution is -2.39. The Morgan fingerprint density at radius 1 is 1.50 bits per heavy atom. The molecule has 0 aliphatic carbocycles. The van der Waals surface area contributed by atoms with E-state index in [-0.39, 0.29) is 23.7 Å². The molecule has 6 heteroatoms. The van der Waals surface area contributed by atoms with E-state index in [1.807, 2.05) is 40.8 Å². The number of cyclic esters (lactones) is 2. The third-order valence-electron chi connectivity index (χ3n) is 4.30. The Bertz CT molecular complexity index is 400. The van der Waals surface area contributed by atoms with Crippen LogP contribution in [0.2, 0.25) is 18.1 Å². The summed E-state index contributed by atoms with van der Waals surface area (Å²) in [7, 11) is -2.16. The average molecular weight is 304 g/mol. The summed E-state index contributed by atoms with van der Waals surface area (Å²) >= 11 is 0. The van der Waals surface area contributed by atoms with Crippen LogP contribution in [-0.2, 0) is 14.2 Å². The van der Waals surface area contributed by atoms with Gasteiger partial charge in [0, 0.05) is 6.42 Å². The highest BCUT2D eigenvalue weighted by atomic mass is 28.3. The van der Waals surface area contributed by atoms with Gasteiger partial charge in [0.1, 0.15) is 8.07 Å². The lowest BCUT2D eigenvalue weighted by Gasteiger charge is -2.35. The summed E-state index contributed by atoms with van der Waals surface area (Å²) in [5, 5.41) is -0.0705. The fourth-order valence-corrected chi connectivity index (χ4v) is 2.92. The Hall–Kier alpha value is -0.883. The summed E-state index contributed by atoms with van der Waals surface area (Å²) in [5.41, 5.74) is -0.0958. The largest absolute Gasteiger partial charge is 0.511 e. The fourth-order valence-electron chi connectivity index (χ4n) is 1.61. The van der Waals surface area contributed by atoms with Crippen molar-refractivity contribution < 1.29 is 23.4 Å². The van der Waals surface area contributed by atoms with E-state index in [0.717, 1.165) is 0 Å². The molecular weight excluding hydrogens is 279 g/mol. The van der Waals surface area contributed by atoms with E-state index in [9.17, 15) is 9.18 Å². The van der Waals surface area contributed by atoms with Crippen LogP contribution in [-0.4, -0.2) is 33.2 Å². The van der Waals surface area contributed by atoms with Crippen molar-refractivity contribution in [1.82, 2.24) is 0 Å². The molecule has 0 amide bonds. The molecule has 1 heterocycles. The Kier molecular flexibility index (Phi) is 5.02. The molecule has 0 aromatic carbocycles. The van der Waals surface area contributed by atoms with Gasteiger partial charge in [0.25, 0.3) is 5.79 Å². The molecule has 1 atom stereocenters. The van der Waals surface area contributed by atoms with Crippen LogP contribution in [0.25, 0.3) is 0 Å². The maximum absolute atomic E-state index is 14.4. The van der Waals surface area contributed by atoms with Crippen LogP contribution in [0.4, 0.5) is 9.18 Å². The topological polar surface area (TPSA) is 44.8 Å². The number of ether oxygens (including phenoxy) is 3. The van der Waals surface area contributed by atoms with Gasteiger partial charge in [0.15, 0.2) is 6.61 Å². The molecule has 1 fully saturated rings. The van der Waals surface area contributed by atoms with Crippen molar-refractivity contribution in [1.29, 1.82) is 0 Å². The Balaban J connectivity index is 2.67. The van der Waals surface area contributed by atoms with Gasteiger partial charge in [0.2, 0.25) is 0 Å². The normalized spacial score (nSPS) is 24.6. The minimum Gasteiger partial charge on any atom is -0.427 e. The number of rotatable bonds is 5. The standard InChI is InChI=1S/C14H25FO4Si/c1-7-14(10-17-12(16)19-14)18-9-8-11(15)20(5,6)13(2,3)4/h8H,7,9-10H2,1-6H3/b11-8+. The molecule has 1 aliphatic rings. The summed E-state index contributed by atoms with van der Waals surface area (Å²) < 4.78 is 29.6. The van der Waals surface area contributed by atoms with Crippen molar-refractivity contribution in [2.45, 2.75) is 58.0 Å². The van der Waals surface area contributed by atoms with Gasteiger partial charge < -0.3 is 14.2 Å². The Morgan fingerprint density at radius 2 is 2.10 bits per heavy atom. The maximum Gasteiger partial charge on any atom is 0.511 e. The van der Waals surface area contributed by atoms with E-state index in [0.29, 0.717) is 6.42 Å². The summed E-state index contributed by atoms with van der Waals surface area (Å²) in [6, 6.07) is 0. The molecule has 0 N–H and O–H groups in total. The van der Waals surface area contributed by atoms with Crippen molar-refractivity contribution in [3.05, 3.63) is 11.5 Å². The molecule has 1 rings (SSSR count). The number of carbonyl (C=O) groups is 1. The fraction of sp³-hybridized carbons (Fsp3) is 0.786. The van der Waals surface area contributed by atoms with Crippen LogP contribution in [0, 0.1) is 0 Å². The third kappa shape index (κ3) is 3.61. The van der Waals surface area contributed by atoms with Gasteiger partial charge in [-0.05, 0) is 11.1 Å². The highest BCUT2D eigenvalue weighted by Gasteiger charge is 2.43. The van der Waals surface area contributed by atoms with Crippen LogP contribution >= 0.6 is 0 Å². The predicted molar refractivity (Wildman–Crippen MR) is 77.8 cm³/mol. The van der Waals surface area contributed by atoms with Crippen molar-refractivity contribution in [3.63, 3.8) is 0 Å². The predicted octanol–water partition coefficient (Wildman–Crippen LogP) is 4.18. The van der Waals surface area contributed by atoms with E-state index in [1.165, 1.54) is 6.08 Å². The molecule has 20 heavy (non-hydrogen) atoms.